The summed E-state index contributed by atoms with van der Waals surface area (Å²) < 4.78 is 1.98. The van der Waals surface area contributed by atoms with Crippen molar-refractivity contribution < 1.29 is 0 Å². The lowest BCUT2D eigenvalue weighted by Gasteiger charge is -2.34. The highest BCUT2D eigenvalue weighted by atomic mass is 15.4. The number of nitrogens with two attached hydrogens (primary N) is 1. The zero-order valence-electron chi connectivity index (χ0n) is 13.8. The summed E-state index contributed by atoms with van der Waals surface area (Å²) in [6, 6.07) is 0.295. The van der Waals surface area contributed by atoms with E-state index in [0.717, 1.165) is 23.6 Å². The maximum absolute atomic E-state index is 6.17. The van der Waals surface area contributed by atoms with Crippen LogP contribution < -0.4 is 11.1 Å². The van der Waals surface area contributed by atoms with E-state index in [1.165, 1.54) is 0 Å². The Morgan fingerprint density at radius 2 is 1.74 bits per heavy atom. The highest BCUT2D eigenvalue weighted by molar-refractivity contribution is 5.65. The van der Waals surface area contributed by atoms with Gasteiger partial charge in [-0.15, -0.1) is 0 Å². The molecule has 0 unspecified atom stereocenters. The molecular formula is C15H30N4. The van der Waals surface area contributed by atoms with Gasteiger partial charge >= 0.3 is 0 Å². The summed E-state index contributed by atoms with van der Waals surface area (Å²) in [5.41, 5.74) is 8.06. The fourth-order valence-electron chi connectivity index (χ4n) is 2.75. The lowest BCUT2D eigenvalue weighted by atomic mass is 9.82. The van der Waals surface area contributed by atoms with Crippen molar-refractivity contribution in [3.8, 4) is 0 Å². The molecule has 0 radical (unpaired) electrons. The molecule has 1 aromatic heterocycles. The third kappa shape index (κ3) is 4.15. The summed E-state index contributed by atoms with van der Waals surface area (Å²) in [6.45, 7) is 17.4. The molecule has 1 heterocycles. The van der Waals surface area contributed by atoms with Gasteiger partial charge in [0, 0.05) is 11.6 Å². The van der Waals surface area contributed by atoms with Crippen LogP contribution in [-0.4, -0.2) is 15.3 Å². The molecule has 0 spiro atoms. The van der Waals surface area contributed by atoms with Gasteiger partial charge in [0.25, 0.3) is 0 Å². The molecule has 0 saturated heterocycles. The van der Waals surface area contributed by atoms with E-state index in [0.29, 0.717) is 6.04 Å². The number of hydrogen-bond acceptors (Lipinski definition) is 3. The maximum atomic E-state index is 6.17. The minimum atomic E-state index is -0.0223. The summed E-state index contributed by atoms with van der Waals surface area (Å²) in [6.07, 6.45) is 1.06. The molecule has 110 valence electrons. The lowest BCUT2D eigenvalue weighted by Crippen LogP contribution is -2.36. The van der Waals surface area contributed by atoms with Crippen LogP contribution in [0.5, 0.6) is 0 Å². The average molecular weight is 266 g/mol. The first-order valence-corrected chi connectivity index (χ1v) is 7.06. The van der Waals surface area contributed by atoms with Gasteiger partial charge in [0.2, 0.25) is 0 Å². The Bertz CT molecular complexity index is 436. The van der Waals surface area contributed by atoms with Gasteiger partial charge in [-0.3, -0.25) is 0 Å². The number of nitrogens with zero attached hydrogens (tertiary/aromatic N) is 2. The number of anilines is 2. The van der Waals surface area contributed by atoms with E-state index in [1.54, 1.807) is 0 Å². The van der Waals surface area contributed by atoms with Gasteiger partial charge < -0.3 is 11.1 Å². The predicted octanol–water partition coefficient (Wildman–Crippen LogP) is 3.98. The van der Waals surface area contributed by atoms with Crippen molar-refractivity contribution in [1.82, 2.24) is 9.78 Å². The maximum Gasteiger partial charge on any atom is 0.148 e. The second-order valence-corrected chi connectivity index (χ2v) is 7.63. The monoisotopic (exact) mass is 266 g/mol. The van der Waals surface area contributed by atoms with Crippen molar-refractivity contribution in [1.29, 1.82) is 0 Å². The summed E-state index contributed by atoms with van der Waals surface area (Å²) in [4.78, 5) is 0. The fraction of sp³-hybridized carbons (Fsp3) is 0.800. The molecule has 0 atom stereocenters. The molecule has 0 amide bonds. The Balaban J connectivity index is 3.05. The van der Waals surface area contributed by atoms with Gasteiger partial charge in [-0.05, 0) is 46.5 Å². The van der Waals surface area contributed by atoms with E-state index >= 15 is 0 Å². The summed E-state index contributed by atoms with van der Waals surface area (Å²) >= 11 is 0. The molecule has 1 aromatic rings. The summed E-state index contributed by atoms with van der Waals surface area (Å²) in [5, 5.41) is 8.11. The average Bonchev–Trinajstić information content (AvgIpc) is 2.41. The fourth-order valence-corrected chi connectivity index (χ4v) is 2.75. The smallest absolute Gasteiger partial charge is 0.148 e. The van der Waals surface area contributed by atoms with Crippen LogP contribution in [0.4, 0.5) is 11.5 Å². The zero-order chi connectivity index (χ0) is 15.0. The van der Waals surface area contributed by atoms with Gasteiger partial charge in [-0.1, -0.05) is 20.8 Å². The van der Waals surface area contributed by atoms with Crippen molar-refractivity contribution in [2.24, 2.45) is 5.41 Å². The number of nitrogen functional groups attached to an aromatic ring is 1. The van der Waals surface area contributed by atoms with E-state index in [4.69, 9.17) is 5.73 Å². The first-order chi connectivity index (χ1) is 8.43. The largest absolute Gasteiger partial charge is 0.394 e. The van der Waals surface area contributed by atoms with E-state index in [-0.39, 0.29) is 11.0 Å². The number of nitrogens with one attached hydrogen (secondary N) is 1. The molecule has 0 aliphatic heterocycles. The molecule has 1 rings (SSSR count). The first-order valence-electron chi connectivity index (χ1n) is 7.06. The Labute approximate surface area is 117 Å². The second-order valence-electron chi connectivity index (χ2n) is 7.63. The van der Waals surface area contributed by atoms with Gasteiger partial charge in [-0.25, -0.2) is 4.68 Å². The first kappa shape index (κ1) is 15.9. The molecule has 0 aliphatic rings. The number of rotatable bonds is 4. The van der Waals surface area contributed by atoms with Crippen LogP contribution in [0.2, 0.25) is 0 Å². The predicted molar refractivity (Wildman–Crippen MR) is 83.5 cm³/mol. The van der Waals surface area contributed by atoms with Gasteiger partial charge in [0.15, 0.2) is 0 Å². The molecule has 3 N–H and O–H groups in total. The third-order valence-electron chi connectivity index (χ3n) is 3.05. The van der Waals surface area contributed by atoms with Crippen LogP contribution in [0.15, 0.2) is 0 Å². The molecular weight excluding hydrogens is 236 g/mol. The number of hydrogen-bond donors (Lipinski definition) is 2. The Kier molecular flexibility index (Phi) is 4.23. The molecule has 0 bridgehead atoms. The summed E-state index contributed by atoms with van der Waals surface area (Å²) in [5.74, 6) is 0.946. The lowest BCUT2D eigenvalue weighted by molar-refractivity contribution is 0.300. The zero-order valence-corrected chi connectivity index (χ0v) is 13.8. The Hall–Kier alpha value is -1.19. The van der Waals surface area contributed by atoms with Crippen LogP contribution in [-0.2, 0) is 0 Å². The van der Waals surface area contributed by atoms with Crippen LogP contribution in [0.3, 0.4) is 0 Å². The normalized spacial score (nSPS) is 13.1. The minimum Gasteiger partial charge on any atom is -0.394 e. The van der Waals surface area contributed by atoms with Gasteiger partial charge in [-0.2, -0.15) is 5.10 Å². The van der Waals surface area contributed by atoms with Crippen molar-refractivity contribution in [3.63, 3.8) is 0 Å². The molecule has 0 fully saturated rings. The Morgan fingerprint density at radius 3 is 2.16 bits per heavy atom. The van der Waals surface area contributed by atoms with E-state index in [9.17, 15) is 0 Å². The second kappa shape index (κ2) is 5.06. The number of aromatic nitrogens is 2. The Morgan fingerprint density at radius 1 is 1.21 bits per heavy atom. The van der Waals surface area contributed by atoms with E-state index < -0.39 is 0 Å². The molecule has 19 heavy (non-hydrogen) atoms. The van der Waals surface area contributed by atoms with Gasteiger partial charge in [0.05, 0.1) is 11.4 Å². The van der Waals surface area contributed by atoms with Crippen molar-refractivity contribution in [2.45, 2.75) is 73.4 Å². The SMILES string of the molecule is Cc1nn(C(C)C)c(NC(C)(C)CC(C)(C)C)c1N. The van der Waals surface area contributed by atoms with Crippen molar-refractivity contribution >= 4 is 11.5 Å². The van der Waals surface area contributed by atoms with E-state index in [1.807, 2.05) is 11.6 Å². The van der Waals surface area contributed by atoms with Crippen molar-refractivity contribution in [3.05, 3.63) is 5.69 Å². The standard InChI is InChI=1S/C15H30N4/c1-10(2)19-13(12(16)11(3)18-19)17-15(7,8)9-14(4,5)6/h10,17H,9,16H2,1-8H3. The molecule has 4 nitrogen and oxygen atoms in total. The van der Waals surface area contributed by atoms with Crippen molar-refractivity contribution in [2.75, 3.05) is 11.1 Å². The molecule has 4 heteroatoms. The molecule has 0 saturated carbocycles. The topological polar surface area (TPSA) is 55.9 Å². The van der Waals surface area contributed by atoms with E-state index in [2.05, 4.69) is 58.9 Å². The minimum absolute atomic E-state index is 0.0223. The quantitative estimate of drug-likeness (QED) is 0.866. The summed E-state index contributed by atoms with van der Waals surface area (Å²) in [7, 11) is 0. The highest BCUT2D eigenvalue weighted by Gasteiger charge is 2.28. The highest BCUT2D eigenvalue weighted by Crippen LogP contribution is 2.33. The van der Waals surface area contributed by atoms with Crippen LogP contribution in [0.1, 0.15) is 66.6 Å². The van der Waals surface area contributed by atoms with Crippen LogP contribution in [0, 0.1) is 12.3 Å². The number of aryl methyl sites for hydroxylation is 1. The third-order valence-corrected chi connectivity index (χ3v) is 3.05. The van der Waals surface area contributed by atoms with Crippen LogP contribution in [0.25, 0.3) is 0 Å². The molecule has 0 aromatic carbocycles. The van der Waals surface area contributed by atoms with Crippen LogP contribution >= 0.6 is 0 Å². The van der Waals surface area contributed by atoms with Gasteiger partial charge in [0.1, 0.15) is 5.82 Å². The molecule has 0 aliphatic carbocycles.